The van der Waals surface area contributed by atoms with Gasteiger partial charge in [0.1, 0.15) is 18.0 Å². The summed E-state index contributed by atoms with van der Waals surface area (Å²) < 4.78 is 13.3. The summed E-state index contributed by atoms with van der Waals surface area (Å²) in [6, 6.07) is 46.2. The zero-order valence-electron chi connectivity index (χ0n) is 33.9. The first kappa shape index (κ1) is 39.5. The predicted molar refractivity (Wildman–Crippen MR) is 236 cm³/mol. The van der Waals surface area contributed by atoms with Crippen molar-refractivity contribution in [2.75, 3.05) is 17.6 Å². The molecule has 1 aliphatic heterocycles. The van der Waals surface area contributed by atoms with Crippen molar-refractivity contribution >= 4 is 40.2 Å². The van der Waals surface area contributed by atoms with Crippen LogP contribution in [-0.4, -0.2) is 45.6 Å². The van der Waals surface area contributed by atoms with Gasteiger partial charge in [0, 0.05) is 36.0 Å². The minimum absolute atomic E-state index is 0.195. The van der Waals surface area contributed by atoms with Gasteiger partial charge in [-0.2, -0.15) is 0 Å². The lowest BCUT2D eigenvalue weighted by molar-refractivity contribution is 0.0474. The Morgan fingerprint density at radius 2 is 1.42 bits per heavy atom. The monoisotopic (exact) mass is 797 g/mol. The molecule has 8 rings (SSSR count). The summed E-state index contributed by atoms with van der Waals surface area (Å²) in [6.45, 7) is 6.46. The van der Waals surface area contributed by atoms with Gasteiger partial charge in [-0.15, -0.1) is 0 Å². The first-order valence-corrected chi connectivity index (χ1v) is 20.0. The van der Waals surface area contributed by atoms with Crippen LogP contribution in [0.3, 0.4) is 0 Å². The maximum atomic E-state index is 14.8. The Morgan fingerprint density at radius 1 is 0.750 bits per heavy atom. The molecule has 302 valence electrons. The molecule has 0 saturated carbocycles. The van der Waals surface area contributed by atoms with Crippen molar-refractivity contribution in [3.05, 3.63) is 180 Å². The third-order valence-corrected chi connectivity index (χ3v) is 10.5. The van der Waals surface area contributed by atoms with E-state index in [0.717, 1.165) is 44.5 Å². The number of carbonyl (C=O) groups excluding carboxylic acids is 3. The maximum absolute atomic E-state index is 14.8. The second-order valence-corrected chi connectivity index (χ2v) is 16.0. The van der Waals surface area contributed by atoms with Crippen LogP contribution in [0.15, 0.2) is 152 Å². The normalized spacial score (nSPS) is 13.7. The highest BCUT2D eigenvalue weighted by Gasteiger charge is 2.33. The molecule has 10 heteroatoms. The fraction of sp³-hybridized carbons (Fsp3) is 0.180. The zero-order chi connectivity index (χ0) is 41.8. The van der Waals surface area contributed by atoms with Gasteiger partial charge in [-0.3, -0.25) is 9.59 Å². The van der Waals surface area contributed by atoms with Crippen molar-refractivity contribution in [2.24, 2.45) is 0 Å². The summed E-state index contributed by atoms with van der Waals surface area (Å²) in [5.41, 5.74) is 14.2. The van der Waals surface area contributed by atoms with E-state index in [1.54, 1.807) is 23.2 Å². The molecule has 1 aliphatic rings. The van der Waals surface area contributed by atoms with Gasteiger partial charge in [-0.1, -0.05) is 97.1 Å². The highest BCUT2D eigenvalue weighted by Crippen LogP contribution is 2.32. The van der Waals surface area contributed by atoms with E-state index in [1.165, 1.54) is 0 Å². The van der Waals surface area contributed by atoms with Gasteiger partial charge < -0.3 is 35.3 Å². The molecule has 10 nitrogen and oxygen atoms in total. The smallest absolute Gasteiger partial charge is 0.407 e. The minimum Gasteiger partial charge on any atom is -0.489 e. The van der Waals surface area contributed by atoms with E-state index in [1.807, 2.05) is 153 Å². The number of nitrogens with one attached hydrogen (secondary N) is 2. The number of amides is 3. The number of rotatable bonds is 10. The van der Waals surface area contributed by atoms with E-state index in [0.29, 0.717) is 47.8 Å². The Kier molecular flexibility index (Phi) is 11.1. The molecular weight excluding hydrogens is 751 g/mol. The summed E-state index contributed by atoms with van der Waals surface area (Å²) in [5.74, 6) is 0.248. The molecule has 60 heavy (non-hydrogen) atoms. The van der Waals surface area contributed by atoms with E-state index in [2.05, 4.69) is 16.7 Å². The number of alkyl carbamates (subject to hydrolysis) is 1. The molecule has 7 aromatic rings. The number of hydrogen-bond acceptors (Lipinski definition) is 6. The van der Waals surface area contributed by atoms with Gasteiger partial charge in [0.05, 0.1) is 28.4 Å². The highest BCUT2D eigenvalue weighted by molar-refractivity contribution is 6.13. The van der Waals surface area contributed by atoms with E-state index in [9.17, 15) is 14.4 Å². The van der Waals surface area contributed by atoms with Crippen LogP contribution in [0.1, 0.15) is 58.2 Å². The molecule has 0 unspecified atom stereocenters. The van der Waals surface area contributed by atoms with Gasteiger partial charge >= 0.3 is 6.09 Å². The number of para-hydroxylation sites is 1. The van der Waals surface area contributed by atoms with Crippen molar-refractivity contribution in [1.29, 1.82) is 0 Å². The van der Waals surface area contributed by atoms with Gasteiger partial charge in [-0.05, 0) is 104 Å². The maximum Gasteiger partial charge on any atom is 0.407 e. The molecule has 6 aromatic carbocycles. The lowest BCUT2D eigenvalue weighted by Gasteiger charge is -2.37. The average Bonchev–Trinajstić information content (AvgIpc) is 3.64. The fourth-order valence-corrected chi connectivity index (χ4v) is 7.60. The van der Waals surface area contributed by atoms with Crippen molar-refractivity contribution in [2.45, 2.75) is 52.0 Å². The molecule has 0 bridgehead atoms. The van der Waals surface area contributed by atoms with Crippen molar-refractivity contribution in [3.8, 4) is 22.6 Å². The molecule has 2 heterocycles. The number of anilines is 2. The van der Waals surface area contributed by atoms with Gasteiger partial charge in [0.15, 0.2) is 0 Å². The number of ether oxygens (including phenoxy) is 2. The third-order valence-electron chi connectivity index (χ3n) is 10.5. The largest absolute Gasteiger partial charge is 0.489 e. The van der Waals surface area contributed by atoms with Crippen molar-refractivity contribution < 1.29 is 23.9 Å². The Hall–Kier alpha value is -7.33. The predicted octanol–water partition coefficient (Wildman–Crippen LogP) is 9.80. The van der Waals surface area contributed by atoms with Gasteiger partial charge in [0.25, 0.3) is 11.8 Å². The third kappa shape index (κ3) is 8.88. The van der Waals surface area contributed by atoms with E-state index in [-0.39, 0.29) is 24.4 Å². The summed E-state index contributed by atoms with van der Waals surface area (Å²) in [5, 5.41) is 6.68. The molecule has 1 atom stereocenters. The first-order valence-electron chi connectivity index (χ1n) is 20.0. The van der Waals surface area contributed by atoms with Crippen molar-refractivity contribution in [1.82, 2.24) is 14.8 Å². The summed E-state index contributed by atoms with van der Waals surface area (Å²) in [7, 11) is 0. The highest BCUT2D eigenvalue weighted by atomic mass is 16.6. The van der Waals surface area contributed by atoms with Crippen LogP contribution in [0, 0.1) is 0 Å². The quantitative estimate of drug-likeness (QED) is 0.118. The van der Waals surface area contributed by atoms with Crippen LogP contribution in [-0.2, 0) is 24.3 Å². The Balaban J connectivity index is 1.03. The number of benzene rings is 6. The van der Waals surface area contributed by atoms with Crippen LogP contribution in [0.5, 0.6) is 5.75 Å². The topological polar surface area (TPSA) is 128 Å². The fourth-order valence-electron chi connectivity index (χ4n) is 7.60. The number of hydrogen-bond donors (Lipinski definition) is 3. The molecule has 1 aromatic heterocycles. The van der Waals surface area contributed by atoms with Crippen LogP contribution in [0.4, 0.5) is 16.2 Å². The minimum atomic E-state index is -0.664. The molecule has 0 aliphatic carbocycles. The second-order valence-electron chi connectivity index (χ2n) is 16.0. The molecule has 0 spiro atoms. The number of nitrogen functional groups attached to an aromatic ring is 1. The van der Waals surface area contributed by atoms with Crippen molar-refractivity contribution in [3.63, 3.8) is 0 Å². The average molecular weight is 798 g/mol. The van der Waals surface area contributed by atoms with Crippen LogP contribution >= 0.6 is 0 Å². The number of carbonyl (C=O) groups is 3. The molecule has 4 N–H and O–H groups in total. The van der Waals surface area contributed by atoms with E-state index in [4.69, 9.17) is 15.2 Å². The number of nitrogens with zero attached hydrogens (tertiary/aromatic N) is 2. The van der Waals surface area contributed by atoms with Crippen LogP contribution in [0.2, 0.25) is 0 Å². The summed E-state index contributed by atoms with van der Waals surface area (Å²) >= 11 is 0. The number of fused-ring (bicyclic) bond motifs is 2. The lowest BCUT2D eigenvalue weighted by atomic mass is 9.93. The van der Waals surface area contributed by atoms with Gasteiger partial charge in [0.2, 0.25) is 0 Å². The molecular formula is C50H47N5O5. The number of nitrogens with two attached hydrogens (primary N) is 1. The second kappa shape index (κ2) is 16.9. The first-order chi connectivity index (χ1) is 29.0. The lowest BCUT2D eigenvalue weighted by Crippen LogP contribution is -2.50. The van der Waals surface area contributed by atoms with Gasteiger partial charge in [-0.25, -0.2) is 4.79 Å². The molecule has 3 amide bonds. The van der Waals surface area contributed by atoms with Crippen LogP contribution < -0.4 is 21.1 Å². The Morgan fingerprint density at radius 3 is 2.15 bits per heavy atom. The SMILES string of the molecule is CC(C)(C)OC(=O)NC[C@@H]1Cc2ccccc2CN1C(=O)c1cc(N)ccc1-n1cc(C(=O)Nc2ccc(-c3ccc(OCc4ccccc4)cc3)cc2)c2ccccc21. The molecule has 0 fully saturated rings. The summed E-state index contributed by atoms with van der Waals surface area (Å²) in [4.78, 5) is 43.4. The van der Waals surface area contributed by atoms with E-state index < -0.39 is 11.7 Å². The zero-order valence-corrected chi connectivity index (χ0v) is 33.9. The number of aromatic nitrogens is 1. The standard InChI is InChI=1S/C50H47N5O5/c1-50(2,3)60-49(58)52-29-40-27-36-13-7-8-14-37(36)30-54(40)48(57)43-28-38(51)21-26-46(43)55-31-44(42-15-9-10-16-45(42)55)47(56)53-39-22-17-34(18-23-39)35-19-24-41(25-20-35)59-32-33-11-5-4-6-12-33/h4-26,28,31,40H,27,29-30,32,51H2,1-3H3,(H,52,58)(H,53,56)/t40-/m0/s1. The van der Waals surface area contributed by atoms with E-state index >= 15 is 0 Å². The van der Waals surface area contributed by atoms with Crippen LogP contribution in [0.25, 0.3) is 27.7 Å². The summed E-state index contributed by atoms with van der Waals surface area (Å²) in [6.07, 6.45) is 1.77. The Bertz CT molecular complexity index is 2670. The molecule has 0 radical (unpaired) electrons. The Labute approximate surface area is 349 Å². The molecule has 0 saturated heterocycles.